The third-order valence-electron chi connectivity index (χ3n) is 4.44. The van der Waals surface area contributed by atoms with Crippen LogP contribution < -0.4 is 0 Å². The number of benzene rings is 1. The van der Waals surface area contributed by atoms with E-state index in [2.05, 4.69) is 0 Å². The van der Waals surface area contributed by atoms with Gasteiger partial charge < -0.3 is 14.7 Å². The van der Waals surface area contributed by atoms with Crippen molar-refractivity contribution in [1.29, 1.82) is 0 Å². The number of thiophene rings is 1. The number of halogens is 1. The van der Waals surface area contributed by atoms with Crippen LogP contribution in [0.15, 0.2) is 18.2 Å². The first kappa shape index (κ1) is 18.8. The predicted octanol–water partition coefficient (Wildman–Crippen LogP) is 2.21. The number of hydrogen-bond donors (Lipinski definition) is 1. The molecule has 1 aliphatic heterocycles. The molecule has 1 aromatic heterocycles. The van der Waals surface area contributed by atoms with Crippen molar-refractivity contribution in [1.82, 2.24) is 9.80 Å². The largest absolute Gasteiger partial charge is 0.480 e. The van der Waals surface area contributed by atoms with E-state index >= 15 is 0 Å². The molecule has 1 aliphatic rings. The summed E-state index contributed by atoms with van der Waals surface area (Å²) in [5.74, 6) is -1.30. The molecule has 2 heterocycles. The molecule has 1 amide bonds. The van der Waals surface area contributed by atoms with Crippen LogP contribution in [-0.2, 0) is 9.53 Å². The first-order valence-corrected chi connectivity index (χ1v) is 9.16. The smallest absolute Gasteiger partial charge is 0.317 e. The molecular formula is C18H21FN2O4S. The zero-order valence-electron chi connectivity index (χ0n) is 14.7. The topological polar surface area (TPSA) is 70.1 Å². The molecule has 0 bridgehead atoms. The summed E-state index contributed by atoms with van der Waals surface area (Å²) in [7, 11) is 1.71. The number of likely N-dealkylation sites (N-methyl/N-ethyl adjacent to an activating group) is 1. The van der Waals surface area contributed by atoms with Gasteiger partial charge in [-0.3, -0.25) is 14.5 Å². The van der Waals surface area contributed by atoms with Crippen molar-refractivity contribution in [2.75, 3.05) is 39.8 Å². The Morgan fingerprint density at radius 1 is 1.46 bits per heavy atom. The summed E-state index contributed by atoms with van der Waals surface area (Å²) in [5.41, 5.74) is 0.792. The third kappa shape index (κ3) is 4.03. The van der Waals surface area contributed by atoms with Gasteiger partial charge in [-0.05, 0) is 43.1 Å². The zero-order valence-corrected chi connectivity index (χ0v) is 15.5. The summed E-state index contributed by atoms with van der Waals surface area (Å²) < 4.78 is 20.1. The van der Waals surface area contributed by atoms with Crippen LogP contribution in [0.2, 0.25) is 0 Å². The van der Waals surface area contributed by atoms with Crippen molar-refractivity contribution in [3.05, 3.63) is 34.5 Å². The molecule has 6 nitrogen and oxygen atoms in total. The van der Waals surface area contributed by atoms with Gasteiger partial charge in [-0.1, -0.05) is 0 Å². The molecule has 0 spiro atoms. The second-order valence-electron chi connectivity index (χ2n) is 6.53. The highest BCUT2D eigenvalue weighted by Gasteiger charge is 2.28. The summed E-state index contributed by atoms with van der Waals surface area (Å²) >= 11 is 1.37. The number of carbonyl (C=O) groups is 2. The Labute approximate surface area is 154 Å². The fourth-order valence-electron chi connectivity index (χ4n) is 3.20. The Hall–Kier alpha value is -2.03. The van der Waals surface area contributed by atoms with Crippen LogP contribution in [0.5, 0.6) is 0 Å². The maximum absolute atomic E-state index is 13.5. The lowest BCUT2D eigenvalue weighted by molar-refractivity contribution is -0.138. The summed E-state index contributed by atoms with van der Waals surface area (Å²) in [6.07, 6.45) is -0.232. The standard InChI is InChI=1S/C18H21FN2O4S/c1-11-14-7-12(19)3-4-15(14)26-17(11)18(24)21-5-6-25-13(9-21)8-20(2)10-16(22)23/h3-4,7,13H,5-6,8-10H2,1-2H3,(H,22,23)/t13-/m0/s1. The molecule has 2 aromatic rings. The van der Waals surface area contributed by atoms with Gasteiger partial charge in [-0.2, -0.15) is 0 Å². The number of morpholine rings is 1. The molecular weight excluding hydrogens is 359 g/mol. The van der Waals surface area contributed by atoms with Crippen LogP contribution in [0.3, 0.4) is 0 Å². The van der Waals surface area contributed by atoms with Crippen LogP contribution in [0.25, 0.3) is 10.1 Å². The monoisotopic (exact) mass is 380 g/mol. The lowest BCUT2D eigenvalue weighted by Gasteiger charge is -2.34. The second kappa shape index (κ2) is 7.69. The van der Waals surface area contributed by atoms with Crippen molar-refractivity contribution >= 4 is 33.3 Å². The van der Waals surface area contributed by atoms with Gasteiger partial charge in [0.1, 0.15) is 5.82 Å². The average Bonchev–Trinajstić information content (AvgIpc) is 2.90. The quantitative estimate of drug-likeness (QED) is 0.861. The van der Waals surface area contributed by atoms with E-state index in [1.165, 1.54) is 23.5 Å². The molecule has 1 N–H and O–H groups in total. The minimum atomic E-state index is -0.899. The SMILES string of the molecule is Cc1c(C(=O)N2CCO[C@@H](CN(C)CC(=O)O)C2)sc2ccc(F)cc12. The fraction of sp³-hybridized carbons (Fsp3) is 0.444. The number of carboxylic acids is 1. The molecule has 1 fully saturated rings. The highest BCUT2D eigenvalue weighted by atomic mass is 32.1. The van der Waals surface area contributed by atoms with E-state index in [1.54, 1.807) is 22.9 Å². The number of carbonyl (C=O) groups excluding carboxylic acids is 1. The summed E-state index contributed by atoms with van der Waals surface area (Å²) in [5, 5.41) is 9.62. The van der Waals surface area contributed by atoms with E-state index in [-0.39, 0.29) is 24.4 Å². The van der Waals surface area contributed by atoms with E-state index < -0.39 is 5.97 Å². The van der Waals surface area contributed by atoms with E-state index in [9.17, 15) is 14.0 Å². The van der Waals surface area contributed by atoms with E-state index in [0.717, 1.165) is 15.6 Å². The normalized spacial score (nSPS) is 17.8. The van der Waals surface area contributed by atoms with Crippen LogP contribution in [0.1, 0.15) is 15.2 Å². The molecule has 0 radical (unpaired) electrons. The van der Waals surface area contributed by atoms with E-state index in [1.807, 2.05) is 6.92 Å². The minimum absolute atomic E-state index is 0.0746. The Kier molecular flexibility index (Phi) is 5.55. The van der Waals surface area contributed by atoms with E-state index in [4.69, 9.17) is 9.84 Å². The summed E-state index contributed by atoms with van der Waals surface area (Å²) in [6.45, 7) is 3.51. The van der Waals surface area contributed by atoms with Crippen LogP contribution in [-0.4, -0.2) is 72.7 Å². The fourth-order valence-corrected chi connectivity index (χ4v) is 4.36. The lowest BCUT2D eigenvalue weighted by Crippen LogP contribution is -2.49. The molecule has 3 rings (SSSR count). The molecule has 8 heteroatoms. The Morgan fingerprint density at radius 3 is 2.96 bits per heavy atom. The van der Waals surface area contributed by atoms with Crippen molar-refractivity contribution in [2.45, 2.75) is 13.0 Å². The second-order valence-corrected chi connectivity index (χ2v) is 7.58. The lowest BCUT2D eigenvalue weighted by atomic mass is 10.1. The number of aryl methyl sites for hydroxylation is 1. The molecule has 1 saturated heterocycles. The third-order valence-corrected chi connectivity index (χ3v) is 5.70. The number of aliphatic carboxylic acids is 1. The number of carboxylic acid groups (broad SMARTS) is 1. The van der Waals surface area contributed by atoms with Gasteiger partial charge in [-0.15, -0.1) is 11.3 Å². The van der Waals surface area contributed by atoms with Crippen molar-refractivity contribution in [3.8, 4) is 0 Å². The number of fused-ring (bicyclic) bond motifs is 1. The first-order valence-electron chi connectivity index (χ1n) is 8.35. The number of ether oxygens (including phenoxy) is 1. The van der Waals surface area contributed by atoms with Gasteiger partial charge in [0.15, 0.2) is 0 Å². The number of amides is 1. The van der Waals surface area contributed by atoms with Gasteiger partial charge in [-0.25, -0.2) is 4.39 Å². The Balaban J connectivity index is 1.73. The molecule has 1 aromatic carbocycles. The summed E-state index contributed by atoms with van der Waals surface area (Å²) in [6, 6.07) is 4.55. The number of nitrogens with zero attached hydrogens (tertiary/aromatic N) is 2. The van der Waals surface area contributed by atoms with Gasteiger partial charge in [0.25, 0.3) is 5.91 Å². The highest BCUT2D eigenvalue weighted by molar-refractivity contribution is 7.21. The van der Waals surface area contributed by atoms with Crippen molar-refractivity contribution in [2.24, 2.45) is 0 Å². The minimum Gasteiger partial charge on any atom is -0.480 e. The zero-order chi connectivity index (χ0) is 18.8. The van der Waals surface area contributed by atoms with Gasteiger partial charge in [0, 0.05) is 24.3 Å². The molecule has 1 atom stereocenters. The highest BCUT2D eigenvalue weighted by Crippen LogP contribution is 2.32. The molecule has 0 aliphatic carbocycles. The van der Waals surface area contributed by atoms with E-state index in [0.29, 0.717) is 31.1 Å². The molecule has 0 unspecified atom stereocenters. The maximum Gasteiger partial charge on any atom is 0.317 e. The maximum atomic E-state index is 13.5. The molecule has 26 heavy (non-hydrogen) atoms. The Morgan fingerprint density at radius 2 is 2.23 bits per heavy atom. The van der Waals surface area contributed by atoms with Crippen molar-refractivity contribution < 1.29 is 23.8 Å². The molecule has 0 saturated carbocycles. The van der Waals surface area contributed by atoms with Gasteiger partial charge in [0.05, 0.1) is 24.1 Å². The molecule has 140 valence electrons. The number of rotatable bonds is 5. The van der Waals surface area contributed by atoms with Crippen LogP contribution >= 0.6 is 11.3 Å². The van der Waals surface area contributed by atoms with Crippen molar-refractivity contribution in [3.63, 3.8) is 0 Å². The average molecular weight is 380 g/mol. The first-order chi connectivity index (χ1) is 12.3. The summed E-state index contributed by atoms with van der Waals surface area (Å²) in [4.78, 5) is 27.8. The van der Waals surface area contributed by atoms with Crippen LogP contribution in [0, 0.1) is 12.7 Å². The van der Waals surface area contributed by atoms with Gasteiger partial charge in [0.2, 0.25) is 0 Å². The predicted molar refractivity (Wildman–Crippen MR) is 97.3 cm³/mol. The van der Waals surface area contributed by atoms with Gasteiger partial charge >= 0.3 is 5.97 Å². The van der Waals surface area contributed by atoms with Crippen LogP contribution in [0.4, 0.5) is 4.39 Å². The Bertz CT molecular complexity index is 838. The number of hydrogen-bond acceptors (Lipinski definition) is 5.